The minimum Gasteiger partial charge on any atom is -0.394 e. The minimum atomic E-state index is -1.05. The van der Waals surface area contributed by atoms with Gasteiger partial charge in [0.05, 0.1) is 29.3 Å². The number of carbonyl (C=O) groups excluding carboxylic acids is 1. The Morgan fingerprint density at radius 3 is 2.68 bits per heavy atom. The van der Waals surface area contributed by atoms with Crippen molar-refractivity contribution in [2.24, 2.45) is 5.41 Å². The van der Waals surface area contributed by atoms with Gasteiger partial charge >= 0.3 is 0 Å². The summed E-state index contributed by atoms with van der Waals surface area (Å²) in [5.74, 6) is -0.0560. The predicted molar refractivity (Wildman–Crippen MR) is 178 cm³/mol. The molecule has 0 radical (unpaired) electrons. The van der Waals surface area contributed by atoms with Gasteiger partial charge in [-0.3, -0.25) is 9.69 Å². The van der Waals surface area contributed by atoms with Crippen LogP contribution in [0.5, 0.6) is 0 Å². The number of rotatable bonds is 9. The summed E-state index contributed by atoms with van der Waals surface area (Å²) in [6.45, 7) is 7.50. The lowest BCUT2D eigenvalue weighted by molar-refractivity contribution is -0.0891. The molecule has 2 bridgehead atoms. The fraction of sp³-hybridized carbons (Fsp3) is 0.541. The van der Waals surface area contributed by atoms with Crippen molar-refractivity contribution in [2.45, 2.75) is 95.9 Å². The van der Waals surface area contributed by atoms with Crippen molar-refractivity contribution in [3.63, 3.8) is 0 Å². The molecule has 7 heteroatoms. The third-order valence-electron chi connectivity index (χ3n) is 10.3. The van der Waals surface area contributed by atoms with Crippen molar-refractivity contribution in [3.05, 3.63) is 81.7 Å². The first-order chi connectivity index (χ1) is 21.1. The first-order valence-electron chi connectivity index (χ1n) is 16.3. The van der Waals surface area contributed by atoms with Gasteiger partial charge in [0.15, 0.2) is 0 Å². The SMILES string of the molecule is CCCN(C[C@H](O)CO)C[C@]1(O)CC[C@H]2c3ccc(cc3C(=O)c3cc4ccccc4s3)C[C@@H](O)CCC(C)=CCC[C@@]21C. The Morgan fingerprint density at radius 1 is 1.14 bits per heavy atom. The summed E-state index contributed by atoms with van der Waals surface area (Å²) in [6.07, 6.45) is 6.60. The fourth-order valence-corrected chi connectivity index (χ4v) is 8.72. The number of allylic oxidation sites excluding steroid dienone is 2. The third kappa shape index (κ3) is 6.88. The summed E-state index contributed by atoms with van der Waals surface area (Å²) in [7, 11) is 0. The number of hydrogen-bond acceptors (Lipinski definition) is 7. The lowest BCUT2D eigenvalue weighted by Gasteiger charge is -2.46. The largest absolute Gasteiger partial charge is 0.394 e. The van der Waals surface area contributed by atoms with Crippen LogP contribution in [-0.2, 0) is 6.42 Å². The first kappa shape index (κ1) is 33.0. The highest BCUT2D eigenvalue weighted by molar-refractivity contribution is 7.21. The van der Waals surface area contributed by atoms with Gasteiger partial charge in [-0.2, -0.15) is 0 Å². The summed E-state index contributed by atoms with van der Waals surface area (Å²) in [5, 5.41) is 44.4. The molecule has 2 aromatic carbocycles. The highest BCUT2D eigenvalue weighted by atomic mass is 32.1. The van der Waals surface area contributed by atoms with Crippen molar-refractivity contribution < 1.29 is 25.2 Å². The van der Waals surface area contributed by atoms with E-state index in [9.17, 15) is 25.2 Å². The fourth-order valence-electron chi connectivity index (χ4n) is 7.70. The van der Waals surface area contributed by atoms with Crippen LogP contribution in [0.2, 0.25) is 0 Å². The first-order valence-corrected chi connectivity index (χ1v) is 17.1. The Labute approximate surface area is 266 Å². The van der Waals surface area contributed by atoms with Gasteiger partial charge in [-0.15, -0.1) is 11.3 Å². The van der Waals surface area contributed by atoms with Crippen LogP contribution < -0.4 is 0 Å². The van der Waals surface area contributed by atoms with Crippen LogP contribution in [0.25, 0.3) is 10.1 Å². The van der Waals surface area contributed by atoms with E-state index < -0.39 is 23.2 Å². The van der Waals surface area contributed by atoms with E-state index in [1.54, 1.807) is 0 Å². The van der Waals surface area contributed by atoms with Crippen molar-refractivity contribution in [3.8, 4) is 0 Å². The molecule has 0 spiro atoms. The molecule has 44 heavy (non-hydrogen) atoms. The average Bonchev–Trinajstić information content (AvgIpc) is 3.54. The Morgan fingerprint density at radius 2 is 1.93 bits per heavy atom. The molecule has 1 aromatic heterocycles. The standard InChI is InChI=1S/C37H49NO5S/c1-4-18-38(22-29(41)23-39)24-37(43)17-15-32-30-14-12-26(19-28(40)13-11-25(2)8-7-16-36(32,37)3)20-31(30)35(42)34-21-27-9-5-6-10-33(27)44-34/h5-6,8-10,12,14,20-21,28-29,32,39-41,43H,4,7,11,13,15-19,22-24H2,1-3H3/t28-,29-,32-,36-,37+/m0/s1. The number of hydrogen-bond donors (Lipinski definition) is 4. The van der Waals surface area contributed by atoms with Gasteiger partial charge in [0, 0.05) is 28.8 Å². The average molecular weight is 620 g/mol. The van der Waals surface area contributed by atoms with Gasteiger partial charge in [-0.05, 0) is 105 Å². The highest BCUT2D eigenvalue weighted by Crippen LogP contribution is 2.59. The maximum atomic E-state index is 14.4. The Kier molecular flexibility index (Phi) is 10.4. The molecule has 0 unspecified atom stereocenters. The number of aliphatic hydroxyl groups is 4. The van der Waals surface area contributed by atoms with Crippen molar-refractivity contribution >= 4 is 27.2 Å². The molecule has 3 aliphatic rings. The Bertz CT molecular complexity index is 1450. The van der Waals surface area contributed by atoms with Crippen LogP contribution in [0.1, 0.15) is 98.0 Å². The molecule has 1 heterocycles. The van der Waals surface area contributed by atoms with Crippen LogP contribution in [-0.4, -0.2) is 75.2 Å². The maximum absolute atomic E-state index is 14.4. The summed E-state index contributed by atoms with van der Waals surface area (Å²) in [5.41, 5.74) is 2.25. The number of benzene rings is 2. The topological polar surface area (TPSA) is 101 Å². The molecular formula is C37H49NO5S. The second kappa shape index (κ2) is 13.9. The van der Waals surface area contributed by atoms with E-state index in [2.05, 4.69) is 43.9 Å². The zero-order valence-electron chi connectivity index (χ0n) is 26.5. The van der Waals surface area contributed by atoms with Crippen LogP contribution >= 0.6 is 11.3 Å². The lowest BCUT2D eigenvalue weighted by Crippen LogP contribution is -2.54. The third-order valence-corrected chi connectivity index (χ3v) is 11.4. The van der Waals surface area contributed by atoms with E-state index in [1.165, 1.54) is 16.9 Å². The highest BCUT2D eigenvalue weighted by Gasteiger charge is 2.57. The molecule has 0 aliphatic heterocycles. The molecule has 0 amide bonds. The normalized spacial score (nSPS) is 26.9. The summed E-state index contributed by atoms with van der Waals surface area (Å²) >= 11 is 1.51. The monoisotopic (exact) mass is 619 g/mol. The molecule has 0 saturated heterocycles. The predicted octanol–water partition coefficient (Wildman–Crippen LogP) is 6.24. The van der Waals surface area contributed by atoms with Gasteiger partial charge in [0.1, 0.15) is 0 Å². The number of aliphatic hydroxyl groups excluding tert-OH is 3. The van der Waals surface area contributed by atoms with E-state index in [4.69, 9.17) is 0 Å². The zero-order valence-corrected chi connectivity index (χ0v) is 27.3. The van der Waals surface area contributed by atoms with E-state index in [1.807, 2.05) is 36.4 Å². The van der Waals surface area contributed by atoms with E-state index in [0.29, 0.717) is 49.3 Å². The second-order valence-corrected chi connectivity index (χ2v) is 14.6. The number of ketones is 1. The van der Waals surface area contributed by atoms with Crippen LogP contribution in [0.3, 0.4) is 0 Å². The van der Waals surface area contributed by atoms with Gasteiger partial charge < -0.3 is 20.4 Å². The van der Waals surface area contributed by atoms with E-state index in [0.717, 1.165) is 53.3 Å². The van der Waals surface area contributed by atoms with Gasteiger partial charge in [-0.25, -0.2) is 0 Å². The van der Waals surface area contributed by atoms with E-state index in [-0.39, 0.29) is 18.3 Å². The summed E-state index contributed by atoms with van der Waals surface area (Å²) in [4.78, 5) is 17.2. The minimum absolute atomic E-state index is 0.00292. The van der Waals surface area contributed by atoms with Crippen molar-refractivity contribution in [1.29, 1.82) is 0 Å². The number of thiophene rings is 1. The van der Waals surface area contributed by atoms with Crippen molar-refractivity contribution in [2.75, 3.05) is 26.2 Å². The number of nitrogens with zero attached hydrogens (tertiary/aromatic N) is 1. The van der Waals surface area contributed by atoms with Crippen molar-refractivity contribution in [1.82, 2.24) is 4.90 Å². The van der Waals surface area contributed by atoms with E-state index >= 15 is 0 Å². The molecule has 3 aromatic rings. The van der Waals surface area contributed by atoms with Gasteiger partial charge in [-0.1, -0.05) is 55.8 Å². The van der Waals surface area contributed by atoms with Gasteiger partial charge in [0.25, 0.3) is 0 Å². The molecule has 3 aliphatic carbocycles. The van der Waals surface area contributed by atoms with Crippen LogP contribution in [0.4, 0.5) is 0 Å². The smallest absolute Gasteiger partial charge is 0.203 e. The summed E-state index contributed by atoms with van der Waals surface area (Å²) < 4.78 is 1.08. The number of carbonyl (C=O) groups is 1. The molecule has 1 saturated carbocycles. The van der Waals surface area contributed by atoms with Gasteiger partial charge in [0.2, 0.25) is 5.78 Å². The quantitative estimate of drug-likeness (QED) is 0.167. The summed E-state index contributed by atoms with van der Waals surface area (Å²) in [6, 6.07) is 16.2. The Hall–Kier alpha value is -2.39. The maximum Gasteiger partial charge on any atom is 0.203 e. The van der Waals surface area contributed by atoms with Crippen LogP contribution in [0, 0.1) is 5.41 Å². The molecular weight excluding hydrogens is 570 g/mol. The lowest BCUT2D eigenvalue weighted by atomic mass is 9.64. The zero-order chi connectivity index (χ0) is 31.5. The molecule has 6 nitrogen and oxygen atoms in total. The molecule has 6 rings (SSSR count). The number of fused-ring (bicyclic) bond motifs is 9. The van der Waals surface area contributed by atoms with Crippen LogP contribution in [0.15, 0.2) is 60.2 Å². The Balaban J connectivity index is 1.60. The second-order valence-electron chi connectivity index (χ2n) is 13.5. The molecule has 1 fully saturated rings. The molecule has 4 N–H and O–H groups in total. The molecule has 5 atom stereocenters. The molecule has 238 valence electrons.